The van der Waals surface area contributed by atoms with Gasteiger partial charge in [-0.3, -0.25) is 14.4 Å². The quantitative estimate of drug-likeness (QED) is 0.0845. The van der Waals surface area contributed by atoms with Crippen molar-refractivity contribution in [3.8, 4) is 5.75 Å². The summed E-state index contributed by atoms with van der Waals surface area (Å²) in [6.45, 7) is 10.6. The highest BCUT2D eigenvalue weighted by Gasteiger charge is 2.21. The smallest absolute Gasteiger partial charge is 0.305 e. The standard InChI is InChI=1S/C35H52Cl2N4O9/c1-25(2)8-11-46-12-13-47-14-15-48-16-17-49-18-19-50-35-28(36)21-27(22-29(35)37)30(23-34(44)45)41-33(43)24-40-32(42)6-4-5-9-38-31-20-26(3)7-10-39-31/h7,10,20-22,25,30H,4-6,8-9,11-19,23-24H2,1-3H3,(H,38,39)(H,40,42)(H,41,43)(H,44,45). The second-order valence-corrected chi connectivity index (χ2v) is 12.7. The highest BCUT2D eigenvalue weighted by atomic mass is 35.5. The Kier molecular flexibility index (Phi) is 22.1. The lowest BCUT2D eigenvalue weighted by atomic mass is 10.0. The third kappa shape index (κ3) is 19.9. The molecule has 15 heteroatoms. The molecule has 280 valence electrons. The Morgan fingerprint density at radius 3 is 2.02 bits per heavy atom. The van der Waals surface area contributed by atoms with Crippen molar-refractivity contribution in [3.05, 3.63) is 51.6 Å². The van der Waals surface area contributed by atoms with Crippen LogP contribution in [0.2, 0.25) is 10.0 Å². The van der Waals surface area contributed by atoms with E-state index in [2.05, 4.69) is 34.8 Å². The van der Waals surface area contributed by atoms with E-state index in [4.69, 9.17) is 46.9 Å². The van der Waals surface area contributed by atoms with E-state index in [1.54, 1.807) is 6.20 Å². The zero-order valence-corrected chi connectivity index (χ0v) is 30.8. The molecule has 1 unspecified atom stereocenters. The number of halogens is 2. The minimum Gasteiger partial charge on any atom is -0.488 e. The molecular weight excluding hydrogens is 691 g/mol. The summed E-state index contributed by atoms with van der Waals surface area (Å²) in [7, 11) is 0. The summed E-state index contributed by atoms with van der Waals surface area (Å²) >= 11 is 12.8. The van der Waals surface area contributed by atoms with E-state index in [1.165, 1.54) is 12.1 Å². The van der Waals surface area contributed by atoms with Gasteiger partial charge in [0.25, 0.3) is 0 Å². The van der Waals surface area contributed by atoms with Crippen molar-refractivity contribution in [1.29, 1.82) is 0 Å². The second-order valence-electron chi connectivity index (χ2n) is 11.9. The highest BCUT2D eigenvalue weighted by molar-refractivity contribution is 6.37. The SMILES string of the molecule is Cc1ccnc(NCCCCC(=O)NCC(=O)NC(CC(=O)O)c2cc(Cl)c(OCCOCCOCCOCCOCCC(C)C)c(Cl)c2)c1. The summed E-state index contributed by atoms with van der Waals surface area (Å²) in [5.74, 6) is -0.369. The Morgan fingerprint density at radius 2 is 1.44 bits per heavy atom. The van der Waals surface area contributed by atoms with Gasteiger partial charge in [0, 0.05) is 25.8 Å². The Balaban J connectivity index is 1.65. The Labute approximate surface area is 305 Å². The molecule has 0 aliphatic rings. The van der Waals surface area contributed by atoms with E-state index in [-0.39, 0.29) is 47.9 Å². The number of carboxylic acids is 1. The monoisotopic (exact) mass is 742 g/mol. The molecule has 2 rings (SSSR count). The van der Waals surface area contributed by atoms with Crippen molar-refractivity contribution in [1.82, 2.24) is 15.6 Å². The molecule has 0 saturated heterocycles. The van der Waals surface area contributed by atoms with Gasteiger partial charge in [0.05, 0.1) is 75.3 Å². The predicted octanol–water partition coefficient (Wildman–Crippen LogP) is 5.22. The summed E-state index contributed by atoms with van der Waals surface area (Å²) in [4.78, 5) is 40.7. The molecule has 0 fully saturated rings. The molecule has 0 bridgehead atoms. The molecule has 13 nitrogen and oxygen atoms in total. The lowest BCUT2D eigenvalue weighted by Gasteiger charge is -2.20. The summed E-state index contributed by atoms with van der Waals surface area (Å²) in [5.41, 5.74) is 1.48. The van der Waals surface area contributed by atoms with Crippen LogP contribution in [0, 0.1) is 12.8 Å². The van der Waals surface area contributed by atoms with Gasteiger partial charge in [0.2, 0.25) is 11.8 Å². The van der Waals surface area contributed by atoms with Crippen LogP contribution < -0.4 is 20.7 Å². The zero-order chi connectivity index (χ0) is 36.6. The molecule has 0 aliphatic carbocycles. The fraction of sp³-hybridized carbons (Fsp3) is 0.600. The topological polar surface area (TPSA) is 167 Å². The normalized spacial score (nSPS) is 11.7. The van der Waals surface area contributed by atoms with Gasteiger partial charge in [0.15, 0.2) is 5.75 Å². The van der Waals surface area contributed by atoms with Crippen LogP contribution in [0.4, 0.5) is 5.82 Å². The number of pyridine rings is 1. The second kappa shape index (κ2) is 25.7. The lowest BCUT2D eigenvalue weighted by Crippen LogP contribution is -2.39. The first-order valence-corrected chi connectivity index (χ1v) is 17.7. The van der Waals surface area contributed by atoms with Crippen molar-refractivity contribution in [2.24, 2.45) is 5.92 Å². The minimum absolute atomic E-state index is 0.145. The third-order valence-corrected chi connectivity index (χ3v) is 7.63. The number of aryl methyl sites for hydroxylation is 1. The Morgan fingerprint density at radius 1 is 0.840 bits per heavy atom. The number of carboxylic acid groups (broad SMARTS) is 1. The van der Waals surface area contributed by atoms with Crippen molar-refractivity contribution < 1.29 is 43.2 Å². The Hall–Kier alpha value is -3.20. The van der Waals surface area contributed by atoms with Gasteiger partial charge in [-0.25, -0.2) is 4.98 Å². The number of anilines is 1. The van der Waals surface area contributed by atoms with Crippen molar-refractivity contribution in [2.45, 2.75) is 58.9 Å². The van der Waals surface area contributed by atoms with Crippen molar-refractivity contribution >= 4 is 46.8 Å². The number of benzene rings is 1. The molecule has 0 saturated carbocycles. The average molecular weight is 744 g/mol. The van der Waals surface area contributed by atoms with Crippen molar-refractivity contribution in [2.75, 3.05) is 77.9 Å². The highest BCUT2D eigenvalue weighted by Crippen LogP contribution is 2.36. The number of unbranched alkanes of at least 4 members (excludes halogenated alkanes) is 1. The first-order valence-electron chi connectivity index (χ1n) is 16.9. The largest absolute Gasteiger partial charge is 0.488 e. The van der Waals surface area contributed by atoms with Crippen LogP contribution in [-0.4, -0.2) is 100 Å². The first-order chi connectivity index (χ1) is 24.0. The summed E-state index contributed by atoms with van der Waals surface area (Å²) in [6, 6.07) is 5.89. The number of carbonyl (C=O) groups excluding carboxylic acids is 2. The van der Waals surface area contributed by atoms with Gasteiger partial charge < -0.3 is 44.7 Å². The van der Waals surface area contributed by atoms with E-state index >= 15 is 0 Å². The number of ether oxygens (including phenoxy) is 5. The van der Waals surface area contributed by atoms with Gasteiger partial charge in [0.1, 0.15) is 12.4 Å². The van der Waals surface area contributed by atoms with Crippen LogP contribution >= 0.6 is 23.2 Å². The van der Waals surface area contributed by atoms with E-state index in [9.17, 15) is 19.5 Å². The van der Waals surface area contributed by atoms with E-state index in [0.29, 0.717) is 64.1 Å². The molecule has 0 radical (unpaired) electrons. The fourth-order valence-electron chi connectivity index (χ4n) is 4.40. The molecule has 4 N–H and O–H groups in total. The molecule has 0 spiro atoms. The predicted molar refractivity (Wildman–Crippen MR) is 192 cm³/mol. The number of hydrogen-bond donors (Lipinski definition) is 4. The first kappa shape index (κ1) is 43.0. The van der Waals surface area contributed by atoms with Crippen LogP contribution in [-0.2, 0) is 33.3 Å². The molecule has 1 heterocycles. The third-order valence-electron chi connectivity index (χ3n) is 7.06. The number of aliphatic carboxylic acids is 1. The fourth-order valence-corrected chi connectivity index (χ4v) is 5.01. The molecule has 1 atom stereocenters. The van der Waals surface area contributed by atoms with E-state index < -0.39 is 24.3 Å². The molecule has 1 aromatic carbocycles. The van der Waals surface area contributed by atoms with Gasteiger partial charge in [-0.15, -0.1) is 0 Å². The number of nitrogens with one attached hydrogen (secondary N) is 3. The number of nitrogens with zero attached hydrogens (tertiary/aromatic N) is 1. The van der Waals surface area contributed by atoms with E-state index in [1.807, 2.05) is 19.1 Å². The number of amides is 2. The van der Waals surface area contributed by atoms with E-state index in [0.717, 1.165) is 30.8 Å². The molecule has 2 aromatic rings. The molecular formula is C35H52Cl2N4O9. The van der Waals surface area contributed by atoms with Crippen LogP contribution in [0.3, 0.4) is 0 Å². The van der Waals surface area contributed by atoms with Crippen LogP contribution in [0.5, 0.6) is 5.75 Å². The summed E-state index contributed by atoms with van der Waals surface area (Å²) in [6.07, 6.45) is 3.94. The molecule has 50 heavy (non-hydrogen) atoms. The summed E-state index contributed by atoms with van der Waals surface area (Å²) < 4.78 is 27.7. The van der Waals surface area contributed by atoms with Gasteiger partial charge in [-0.1, -0.05) is 37.0 Å². The van der Waals surface area contributed by atoms with Crippen LogP contribution in [0.1, 0.15) is 63.1 Å². The average Bonchev–Trinajstić information content (AvgIpc) is 3.05. The van der Waals surface area contributed by atoms with Gasteiger partial charge in [-0.05, 0) is 67.5 Å². The van der Waals surface area contributed by atoms with Gasteiger partial charge >= 0.3 is 5.97 Å². The van der Waals surface area contributed by atoms with Crippen LogP contribution in [0.15, 0.2) is 30.5 Å². The van der Waals surface area contributed by atoms with Crippen molar-refractivity contribution in [3.63, 3.8) is 0 Å². The Bertz CT molecular complexity index is 1280. The number of hydrogen-bond acceptors (Lipinski definition) is 10. The molecule has 0 aliphatic heterocycles. The number of rotatable bonds is 28. The number of aromatic nitrogens is 1. The lowest BCUT2D eigenvalue weighted by molar-refractivity contribution is -0.138. The maximum atomic E-state index is 12.6. The minimum atomic E-state index is -1.14. The number of carbonyl (C=O) groups is 3. The summed E-state index contributed by atoms with van der Waals surface area (Å²) in [5, 5.41) is 18.2. The van der Waals surface area contributed by atoms with Crippen LogP contribution in [0.25, 0.3) is 0 Å². The molecule has 2 amide bonds. The zero-order valence-electron chi connectivity index (χ0n) is 29.3. The maximum absolute atomic E-state index is 12.6. The molecule has 1 aromatic heterocycles. The maximum Gasteiger partial charge on any atom is 0.305 e. The van der Waals surface area contributed by atoms with Gasteiger partial charge in [-0.2, -0.15) is 0 Å².